The molecule has 0 amide bonds. The quantitative estimate of drug-likeness (QED) is 0.336. The maximum Gasteiger partial charge on any atom is 0.229 e. The number of benzene rings is 3. The summed E-state index contributed by atoms with van der Waals surface area (Å²) in [5.74, 6) is 0.757. The van der Waals surface area contributed by atoms with E-state index >= 15 is 0 Å². The van der Waals surface area contributed by atoms with E-state index in [2.05, 4.69) is 52.2 Å². The minimum atomic E-state index is -3.91. The Bertz CT molecular complexity index is 1800. The molecule has 9 heteroatoms. The number of fused-ring (bicyclic) bond motifs is 3. The van der Waals surface area contributed by atoms with E-state index in [1.54, 1.807) is 16.6 Å². The van der Waals surface area contributed by atoms with Crippen molar-refractivity contribution in [3.8, 4) is 0 Å². The minimum Gasteiger partial charge on any atom is -0.368 e. The highest BCUT2D eigenvalue weighted by atomic mass is 32.2. The van der Waals surface area contributed by atoms with Crippen molar-refractivity contribution in [2.24, 2.45) is 0 Å². The molecule has 194 valence electrons. The molecule has 0 atom stereocenters. The van der Waals surface area contributed by atoms with E-state index < -0.39 is 9.84 Å². The van der Waals surface area contributed by atoms with Crippen molar-refractivity contribution in [2.75, 3.05) is 36.0 Å². The van der Waals surface area contributed by atoms with Gasteiger partial charge in [-0.1, -0.05) is 35.5 Å². The van der Waals surface area contributed by atoms with Crippen LogP contribution < -0.4 is 9.80 Å². The van der Waals surface area contributed by atoms with Gasteiger partial charge >= 0.3 is 0 Å². The molecule has 1 aliphatic rings. The average molecular weight is 527 g/mol. The highest BCUT2D eigenvalue weighted by Gasteiger charge is 2.29. The predicted octanol–water partition coefficient (Wildman–Crippen LogP) is 4.67. The summed E-state index contributed by atoms with van der Waals surface area (Å²) in [5, 5.41) is 9.16. The fourth-order valence-electron chi connectivity index (χ4n) is 5.17. The number of anilines is 2. The maximum atomic E-state index is 13.7. The molecule has 6 rings (SSSR count). The molecule has 3 heterocycles. The lowest BCUT2D eigenvalue weighted by Crippen LogP contribution is -2.47. The van der Waals surface area contributed by atoms with E-state index in [1.807, 2.05) is 44.2 Å². The highest BCUT2D eigenvalue weighted by molar-refractivity contribution is 7.91. The van der Waals surface area contributed by atoms with Crippen molar-refractivity contribution in [1.29, 1.82) is 0 Å². The van der Waals surface area contributed by atoms with Gasteiger partial charge in [0, 0.05) is 37.3 Å². The molecule has 5 aromatic rings. The third-order valence-electron chi connectivity index (χ3n) is 7.74. The number of hydrogen-bond donors (Lipinski definition) is 0. The van der Waals surface area contributed by atoms with Crippen LogP contribution in [-0.4, -0.2) is 54.4 Å². The van der Waals surface area contributed by atoms with E-state index in [9.17, 15) is 8.42 Å². The van der Waals surface area contributed by atoms with Crippen LogP contribution in [0.4, 0.5) is 11.5 Å². The number of sulfone groups is 1. The largest absolute Gasteiger partial charge is 0.368 e. The lowest BCUT2D eigenvalue weighted by molar-refractivity contribution is 0.592. The van der Waals surface area contributed by atoms with Crippen LogP contribution in [0.1, 0.15) is 22.3 Å². The van der Waals surface area contributed by atoms with Gasteiger partial charge in [-0.15, -0.1) is 5.10 Å². The van der Waals surface area contributed by atoms with Crippen LogP contribution in [0.2, 0.25) is 0 Å². The molecule has 0 aliphatic carbocycles. The number of rotatable bonds is 4. The lowest BCUT2D eigenvalue weighted by atomic mass is 10.1. The van der Waals surface area contributed by atoms with E-state index in [0.717, 1.165) is 54.0 Å². The Balaban J connectivity index is 1.42. The number of hydrogen-bond acceptors (Lipinski definition) is 7. The van der Waals surface area contributed by atoms with Crippen LogP contribution in [0.5, 0.6) is 0 Å². The Morgan fingerprint density at radius 1 is 0.763 bits per heavy atom. The monoisotopic (exact) mass is 526 g/mol. The number of para-hydroxylation sites is 1. The first-order chi connectivity index (χ1) is 18.3. The standard InChI is InChI=1S/C29H30N6O2S/c1-19-12-13-23(18-21(19)3)38(36,37)29-28-30-27(24-9-5-6-10-26(24)35(28)32-31-29)34-16-14-33(15-17-34)25-11-7-8-20(2)22(25)4/h5-13,18H,14-17H2,1-4H3. The summed E-state index contributed by atoms with van der Waals surface area (Å²) < 4.78 is 28.9. The molecule has 0 saturated carbocycles. The zero-order chi connectivity index (χ0) is 26.6. The Morgan fingerprint density at radius 3 is 2.26 bits per heavy atom. The highest BCUT2D eigenvalue weighted by Crippen LogP contribution is 2.32. The normalized spacial score (nSPS) is 14.5. The summed E-state index contributed by atoms with van der Waals surface area (Å²) in [7, 11) is -3.91. The van der Waals surface area contributed by atoms with Gasteiger partial charge in [0.1, 0.15) is 5.82 Å². The third-order valence-corrected chi connectivity index (χ3v) is 9.39. The molecule has 3 aromatic carbocycles. The fourth-order valence-corrected chi connectivity index (χ4v) is 6.49. The van der Waals surface area contributed by atoms with Gasteiger partial charge in [0.05, 0.1) is 10.4 Å². The molecule has 1 aliphatic heterocycles. The summed E-state index contributed by atoms with van der Waals surface area (Å²) in [5.41, 5.74) is 6.81. The van der Waals surface area contributed by atoms with Gasteiger partial charge < -0.3 is 9.80 Å². The van der Waals surface area contributed by atoms with E-state index in [4.69, 9.17) is 4.98 Å². The molecule has 1 saturated heterocycles. The molecule has 38 heavy (non-hydrogen) atoms. The summed E-state index contributed by atoms with van der Waals surface area (Å²) in [6.45, 7) is 11.4. The Morgan fingerprint density at radius 2 is 1.50 bits per heavy atom. The van der Waals surface area contributed by atoms with Gasteiger partial charge in [-0.2, -0.15) is 4.52 Å². The van der Waals surface area contributed by atoms with Crippen LogP contribution in [-0.2, 0) is 9.84 Å². The summed E-state index contributed by atoms with van der Waals surface area (Å²) in [4.78, 5) is 9.76. The number of aryl methyl sites for hydroxylation is 3. The lowest BCUT2D eigenvalue weighted by Gasteiger charge is -2.38. The van der Waals surface area contributed by atoms with Crippen molar-refractivity contribution in [1.82, 2.24) is 19.8 Å². The first-order valence-electron chi connectivity index (χ1n) is 12.8. The molecule has 2 aromatic heterocycles. The van der Waals surface area contributed by atoms with Gasteiger partial charge in [0.2, 0.25) is 14.9 Å². The first-order valence-corrected chi connectivity index (χ1v) is 14.3. The molecule has 0 N–H and O–H groups in total. The molecule has 0 unspecified atom stereocenters. The van der Waals surface area contributed by atoms with Crippen molar-refractivity contribution in [2.45, 2.75) is 37.6 Å². The van der Waals surface area contributed by atoms with Crippen molar-refractivity contribution < 1.29 is 8.42 Å². The van der Waals surface area contributed by atoms with Crippen molar-refractivity contribution in [3.63, 3.8) is 0 Å². The van der Waals surface area contributed by atoms with Gasteiger partial charge in [-0.05, 0) is 80.3 Å². The zero-order valence-electron chi connectivity index (χ0n) is 22.0. The molecule has 0 bridgehead atoms. The number of aromatic nitrogens is 4. The second-order valence-corrected chi connectivity index (χ2v) is 11.9. The molecular formula is C29H30N6O2S. The van der Waals surface area contributed by atoms with Crippen LogP contribution in [0.3, 0.4) is 0 Å². The number of piperazine rings is 1. The second-order valence-electron chi connectivity index (χ2n) is 10.0. The zero-order valence-corrected chi connectivity index (χ0v) is 22.8. The average Bonchev–Trinajstić information content (AvgIpc) is 3.37. The molecular weight excluding hydrogens is 496 g/mol. The summed E-state index contributed by atoms with van der Waals surface area (Å²) in [6.07, 6.45) is 0. The first kappa shape index (κ1) is 24.4. The van der Waals surface area contributed by atoms with E-state index in [0.29, 0.717) is 0 Å². The van der Waals surface area contributed by atoms with E-state index in [-0.39, 0.29) is 15.6 Å². The Labute approximate surface area is 222 Å². The van der Waals surface area contributed by atoms with Crippen LogP contribution in [0, 0.1) is 27.7 Å². The summed E-state index contributed by atoms with van der Waals surface area (Å²) >= 11 is 0. The van der Waals surface area contributed by atoms with Gasteiger partial charge in [0.15, 0.2) is 5.65 Å². The second kappa shape index (κ2) is 9.09. The fraction of sp³-hybridized carbons (Fsp3) is 0.276. The SMILES string of the molecule is Cc1ccc(S(=O)(=O)c2nnn3c2nc(N2CCN(c4cccc(C)c4C)CC2)c2ccccc23)cc1C. The molecule has 1 fully saturated rings. The smallest absolute Gasteiger partial charge is 0.229 e. The van der Waals surface area contributed by atoms with Crippen LogP contribution in [0.15, 0.2) is 70.6 Å². The maximum absolute atomic E-state index is 13.7. The molecule has 8 nitrogen and oxygen atoms in total. The Kier molecular flexibility index (Phi) is 5.83. The molecule has 0 spiro atoms. The van der Waals surface area contributed by atoms with Gasteiger partial charge in [0.25, 0.3) is 0 Å². The van der Waals surface area contributed by atoms with Crippen LogP contribution >= 0.6 is 0 Å². The van der Waals surface area contributed by atoms with Gasteiger partial charge in [-0.25, -0.2) is 13.4 Å². The van der Waals surface area contributed by atoms with Gasteiger partial charge in [-0.3, -0.25) is 0 Å². The van der Waals surface area contributed by atoms with Crippen molar-refractivity contribution >= 4 is 37.9 Å². The number of nitrogens with zero attached hydrogens (tertiary/aromatic N) is 6. The molecule has 0 radical (unpaired) electrons. The van der Waals surface area contributed by atoms with Crippen LogP contribution in [0.25, 0.3) is 16.6 Å². The minimum absolute atomic E-state index is 0.123. The Hall–Kier alpha value is -3.98. The van der Waals surface area contributed by atoms with E-state index in [1.165, 1.54) is 16.8 Å². The summed E-state index contributed by atoms with van der Waals surface area (Å²) in [6, 6.07) is 19.4. The van der Waals surface area contributed by atoms with Crippen molar-refractivity contribution in [3.05, 3.63) is 82.9 Å². The topological polar surface area (TPSA) is 83.7 Å². The third kappa shape index (κ3) is 3.89. The predicted molar refractivity (Wildman–Crippen MR) is 150 cm³/mol.